The average Bonchev–Trinajstić information content (AvgIpc) is 3.02. The van der Waals surface area contributed by atoms with Crippen molar-refractivity contribution < 1.29 is 42.9 Å². The second-order valence-corrected chi connectivity index (χ2v) is 9.74. The highest BCUT2D eigenvalue weighted by Gasteiger charge is 2.20. The number of carbonyl (C=O) groups is 5. The van der Waals surface area contributed by atoms with E-state index in [0.717, 1.165) is 5.56 Å². The third-order valence-electron chi connectivity index (χ3n) is 6.48. The number of amides is 4. The molecule has 0 bridgehead atoms. The van der Waals surface area contributed by atoms with Crippen LogP contribution in [0.25, 0.3) is 0 Å². The molecule has 13 nitrogen and oxygen atoms in total. The number of anilines is 3. The lowest BCUT2D eigenvalue weighted by Crippen LogP contribution is -2.33. The van der Waals surface area contributed by atoms with E-state index in [2.05, 4.69) is 26.0 Å². The number of rotatable bonds is 14. The van der Waals surface area contributed by atoms with Crippen LogP contribution < -0.4 is 26.0 Å². The molecule has 4 N–H and O–H groups in total. The minimum absolute atomic E-state index is 0.0282. The molecule has 45 heavy (non-hydrogen) atoms. The van der Waals surface area contributed by atoms with Crippen molar-refractivity contribution in [1.29, 1.82) is 0 Å². The second kappa shape index (κ2) is 17.0. The topological polar surface area (TPSA) is 170 Å². The average molecular weight is 621 g/mol. The Hall–Kier alpha value is -5.43. The van der Waals surface area contributed by atoms with Gasteiger partial charge in [-0.15, -0.1) is 0 Å². The maximum Gasteiger partial charge on any atom is 0.331 e. The summed E-state index contributed by atoms with van der Waals surface area (Å²) in [6.07, 6.45) is -0.119. The molecule has 0 aromatic heterocycles. The van der Waals surface area contributed by atoms with Crippen LogP contribution in [0.1, 0.15) is 29.2 Å². The summed E-state index contributed by atoms with van der Waals surface area (Å²) in [6.45, 7) is 1.09. The molecule has 0 spiro atoms. The number of esters is 2. The van der Waals surface area contributed by atoms with Crippen LogP contribution in [0.15, 0.2) is 66.7 Å². The molecule has 238 valence electrons. The second-order valence-electron chi connectivity index (χ2n) is 9.74. The summed E-state index contributed by atoms with van der Waals surface area (Å²) in [5.74, 6) is -1.63. The van der Waals surface area contributed by atoms with Crippen LogP contribution in [0.3, 0.4) is 0 Å². The summed E-state index contributed by atoms with van der Waals surface area (Å²) < 4.78 is 19.6. The SMILES string of the molecule is COC(=O)COCC(=O)NC(CC(=O)OC)c1ccc(NC(=O)Cc2ccc(NC(=O)Nc3ccccc3C)c(OC)c2)cc1. The number of benzene rings is 3. The van der Waals surface area contributed by atoms with Crippen LogP contribution in [0.5, 0.6) is 5.75 Å². The molecule has 0 aliphatic rings. The van der Waals surface area contributed by atoms with Crippen molar-refractivity contribution in [3.63, 3.8) is 0 Å². The first-order valence-corrected chi connectivity index (χ1v) is 13.8. The molecule has 3 rings (SSSR count). The van der Waals surface area contributed by atoms with Gasteiger partial charge in [-0.2, -0.15) is 0 Å². The lowest BCUT2D eigenvalue weighted by molar-refractivity contribution is -0.147. The van der Waals surface area contributed by atoms with Gasteiger partial charge in [0.1, 0.15) is 19.0 Å². The Morgan fingerprint density at radius 2 is 1.42 bits per heavy atom. The Morgan fingerprint density at radius 1 is 0.733 bits per heavy atom. The first-order valence-electron chi connectivity index (χ1n) is 13.8. The molecule has 0 saturated carbocycles. The lowest BCUT2D eigenvalue weighted by atomic mass is 10.0. The van der Waals surface area contributed by atoms with Gasteiger partial charge in [0.15, 0.2) is 0 Å². The number of nitrogens with one attached hydrogen (secondary N) is 4. The molecule has 0 aliphatic carbocycles. The Morgan fingerprint density at radius 3 is 2.09 bits per heavy atom. The molecule has 0 heterocycles. The fraction of sp³-hybridized carbons (Fsp3) is 0.281. The highest BCUT2D eigenvalue weighted by Crippen LogP contribution is 2.27. The minimum Gasteiger partial charge on any atom is -0.495 e. The van der Waals surface area contributed by atoms with E-state index in [4.69, 9.17) is 14.2 Å². The van der Waals surface area contributed by atoms with Gasteiger partial charge in [0, 0.05) is 11.4 Å². The number of aryl methyl sites for hydroxylation is 1. The van der Waals surface area contributed by atoms with Gasteiger partial charge in [-0.3, -0.25) is 14.4 Å². The fourth-order valence-corrected chi connectivity index (χ4v) is 4.15. The first kappa shape index (κ1) is 34.1. The van der Waals surface area contributed by atoms with Crippen molar-refractivity contribution in [2.45, 2.75) is 25.8 Å². The maximum absolute atomic E-state index is 12.8. The van der Waals surface area contributed by atoms with E-state index < -0.39 is 36.5 Å². The van der Waals surface area contributed by atoms with Crippen LogP contribution in [0.2, 0.25) is 0 Å². The Bertz CT molecular complexity index is 1510. The largest absolute Gasteiger partial charge is 0.495 e. The summed E-state index contributed by atoms with van der Waals surface area (Å²) in [5, 5.41) is 11.0. The predicted molar refractivity (Wildman–Crippen MR) is 166 cm³/mol. The molecule has 0 saturated heterocycles. The van der Waals surface area contributed by atoms with Crippen LogP contribution in [-0.4, -0.2) is 64.3 Å². The summed E-state index contributed by atoms with van der Waals surface area (Å²) in [6, 6.07) is 17.8. The molecule has 3 aromatic rings. The number of para-hydroxylation sites is 1. The molecule has 4 amide bonds. The Balaban J connectivity index is 1.59. The Kier molecular flexibility index (Phi) is 12.9. The van der Waals surface area contributed by atoms with Crippen molar-refractivity contribution >= 4 is 46.8 Å². The highest BCUT2D eigenvalue weighted by atomic mass is 16.6. The number of methoxy groups -OCH3 is 3. The van der Waals surface area contributed by atoms with E-state index in [1.165, 1.54) is 21.3 Å². The first-order chi connectivity index (χ1) is 21.6. The highest BCUT2D eigenvalue weighted by molar-refractivity contribution is 6.01. The summed E-state index contributed by atoms with van der Waals surface area (Å²) >= 11 is 0. The lowest BCUT2D eigenvalue weighted by Gasteiger charge is -2.19. The van der Waals surface area contributed by atoms with Crippen LogP contribution >= 0.6 is 0 Å². The molecule has 0 fully saturated rings. The van der Waals surface area contributed by atoms with Crippen LogP contribution in [-0.2, 0) is 39.8 Å². The Labute approximate surface area is 260 Å². The maximum atomic E-state index is 12.8. The number of hydrogen-bond donors (Lipinski definition) is 4. The number of urea groups is 1. The summed E-state index contributed by atoms with van der Waals surface area (Å²) in [7, 11) is 3.91. The van der Waals surface area contributed by atoms with E-state index in [-0.39, 0.29) is 25.4 Å². The molecular formula is C32H36N4O9. The third-order valence-corrected chi connectivity index (χ3v) is 6.48. The van der Waals surface area contributed by atoms with Crippen molar-refractivity contribution in [3.8, 4) is 5.75 Å². The van der Waals surface area contributed by atoms with Gasteiger partial charge in [0.05, 0.1) is 45.9 Å². The number of hydrogen-bond acceptors (Lipinski definition) is 9. The van der Waals surface area contributed by atoms with E-state index in [0.29, 0.717) is 33.9 Å². The molecular weight excluding hydrogens is 584 g/mol. The summed E-state index contributed by atoms with van der Waals surface area (Å²) in [4.78, 5) is 60.8. The monoisotopic (exact) mass is 620 g/mol. The van der Waals surface area contributed by atoms with Crippen LogP contribution in [0.4, 0.5) is 21.9 Å². The van der Waals surface area contributed by atoms with Gasteiger partial charge in [-0.1, -0.05) is 36.4 Å². The van der Waals surface area contributed by atoms with Gasteiger partial charge < -0.3 is 40.2 Å². The van der Waals surface area contributed by atoms with Gasteiger partial charge in [0.25, 0.3) is 0 Å². The van der Waals surface area contributed by atoms with Gasteiger partial charge in [-0.25, -0.2) is 9.59 Å². The van der Waals surface area contributed by atoms with Gasteiger partial charge in [-0.05, 0) is 53.9 Å². The van der Waals surface area contributed by atoms with Crippen molar-refractivity contribution in [2.24, 2.45) is 0 Å². The van der Waals surface area contributed by atoms with Crippen LogP contribution in [0, 0.1) is 6.92 Å². The zero-order chi connectivity index (χ0) is 32.8. The van der Waals surface area contributed by atoms with Crippen molar-refractivity contribution in [2.75, 3.05) is 50.5 Å². The zero-order valence-corrected chi connectivity index (χ0v) is 25.4. The van der Waals surface area contributed by atoms with E-state index in [1.807, 2.05) is 25.1 Å². The fourth-order valence-electron chi connectivity index (χ4n) is 4.15. The molecule has 1 atom stereocenters. The normalized spacial score (nSPS) is 11.0. The van der Waals surface area contributed by atoms with E-state index in [1.54, 1.807) is 48.5 Å². The molecule has 0 radical (unpaired) electrons. The molecule has 1 unspecified atom stereocenters. The van der Waals surface area contributed by atoms with E-state index in [9.17, 15) is 24.0 Å². The molecule has 0 aliphatic heterocycles. The van der Waals surface area contributed by atoms with Crippen molar-refractivity contribution in [3.05, 3.63) is 83.4 Å². The number of ether oxygens (including phenoxy) is 4. The predicted octanol–water partition coefficient (Wildman–Crippen LogP) is 3.74. The van der Waals surface area contributed by atoms with E-state index >= 15 is 0 Å². The van der Waals surface area contributed by atoms with Gasteiger partial charge in [0.2, 0.25) is 11.8 Å². The minimum atomic E-state index is -0.741. The quantitative estimate of drug-likeness (QED) is 0.196. The zero-order valence-electron chi connectivity index (χ0n) is 25.4. The molecule has 13 heteroatoms. The standard InChI is InChI=1S/C32H36N4O9/c1-20-7-5-6-8-24(20)35-32(41)36-25-14-9-21(15-27(25)42-2)16-28(37)33-23-12-10-22(11-13-23)26(17-30(39)43-3)34-29(38)18-45-19-31(40)44-4/h5-15,26H,16-19H2,1-4H3,(H,33,37)(H,34,38)(H2,35,36,41). The number of carbonyl (C=O) groups excluding carboxylic acids is 5. The smallest absolute Gasteiger partial charge is 0.331 e. The van der Waals surface area contributed by atoms with Crippen molar-refractivity contribution in [1.82, 2.24) is 5.32 Å². The third kappa shape index (κ3) is 11.0. The molecule has 3 aromatic carbocycles. The van der Waals surface area contributed by atoms with Gasteiger partial charge >= 0.3 is 18.0 Å². The summed E-state index contributed by atoms with van der Waals surface area (Å²) in [5.41, 5.74) is 3.77.